The number of benzene rings is 6. The Labute approximate surface area is 261 Å². The highest BCUT2D eigenvalue weighted by atomic mass is 32.1. The summed E-state index contributed by atoms with van der Waals surface area (Å²) in [6.45, 7) is 0. The Hall–Kier alpha value is -5.77. The van der Waals surface area contributed by atoms with Crippen molar-refractivity contribution in [1.82, 2.24) is 0 Å². The minimum Gasteiger partial charge on any atom is -0.192 e. The molecule has 0 unspecified atom stereocenters. The van der Waals surface area contributed by atoms with Crippen molar-refractivity contribution in [2.24, 2.45) is 0 Å². The van der Waals surface area contributed by atoms with Gasteiger partial charge in [-0.25, -0.2) is 0 Å². The van der Waals surface area contributed by atoms with Gasteiger partial charge in [-0.2, -0.15) is 15.8 Å². The van der Waals surface area contributed by atoms with Crippen LogP contribution in [0.3, 0.4) is 0 Å². The van der Waals surface area contributed by atoms with Crippen molar-refractivity contribution in [2.75, 3.05) is 0 Å². The molecule has 44 heavy (non-hydrogen) atoms. The molecule has 202 valence electrons. The smallest absolute Gasteiger partial charge is 0.100 e. The quantitative estimate of drug-likeness (QED) is 0.205. The van der Waals surface area contributed by atoms with Crippen molar-refractivity contribution in [1.29, 1.82) is 15.8 Å². The monoisotopic (exact) mass is 593 g/mol. The number of nitriles is 3. The van der Waals surface area contributed by atoms with Gasteiger partial charge in [0.2, 0.25) is 0 Å². The first kappa shape index (κ1) is 25.9. The summed E-state index contributed by atoms with van der Waals surface area (Å²) < 4.78 is 4.60. The highest BCUT2D eigenvalue weighted by molar-refractivity contribution is 7.26. The molecule has 0 aliphatic heterocycles. The van der Waals surface area contributed by atoms with E-state index >= 15 is 0 Å². The second kappa shape index (κ2) is 10.2. The average molecular weight is 594 g/mol. The number of nitrogens with zero attached hydrogens (tertiary/aromatic N) is 3. The number of fused-ring (bicyclic) bond motifs is 6. The average Bonchev–Trinajstić information content (AvgIpc) is 3.66. The maximum atomic E-state index is 10.9. The van der Waals surface area contributed by atoms with Gasteiger partial charge < -0.3 is 0 Å². The Kier molecular flexibility index (Phi) is 6.00. The van der Waals surface area contributed by atoms with Gasteiger partial charge in [0.05, 0.1) is 28.8 Å². The maximum absolute atomic E-state index is 10.9. The number of hydrogen-bond donors (Lipinski definition) is 0. The fourth-order valence-corrected chi connectivity index (χ4v) is 8.70. The zero-order chi connectivity index (χ0) is 29.8. The van der Waals surface area contributed by atoms with E-state index in [9.17, 15) is 15.8 Å². The Morgan fingerprint density at radius 1 is 0.455 bits per heavy atom. The van der Waals surface area contributed by atoms with Gasteiger partial charge in [0.1, 0.15) is 6.07 Å². The van der Waals surface area contributed by atoms with E-state index in [-0.39, 0.29) is 0 Å². The minimum absolute atomic E-state index is 0.421. The summed E-state index contributed by atoms with van der Waals surface area (Å²) in [5, 5.41) is 35.7. The zero-order valence-corrected chi connectivity index (χ0v) is 24.8. The molecule has 8 rings (SSSR count). The van der Waals surface area contributed by atoms with Crippen LogP contribution >= 0.6 is 22.7 Å². The van der Waals surface area contributed by atoms with Gasteiger partial charge >= 0.3 is 0 Å². The van der Waals surface area contributed by atoms with Crippen molar-refractivity contribution < 1.29 is 0 Å². The van der Waals surface area contributed by atoms with Crippen LogP contribution in [-0.2, 0) is 0 Å². The van der Waals surface area contributed by atoms with Crippen molar-refractivity contribution in [3.05, 3.63) is 132 Å². The third-order valence-corrected chi connectivity index (χ3v) is 10.6. The Morgan fingerprint density at radius 2 is 1.02 bits per heavy atom. The maximum Gasteiger partial charge on any atom is 0.100 e. The standard InChI is InChI=1S/C39H19N3S2/c40-20-23-8-5-9-24(21-41)37(23)25-18-31(27-12-7-17-36-38(27)30-11-2-4-16-35(30)43-36)33(22-42)32(19-25)29-14-6-13-28-26-10-1-3-15-34(26)44-39(28)29/h1-19H. The van der Waals surface area contributed by atoms with Gasteiger partial charge in [0.15, 0.2) is 0 Å². The van der Waals surface area contributed by atoms with Crippen LogP contribution in [0.2, 0.25) is 0 Å². The van der Waals surface area contributed by atoms with Crippen LogP contribution < -0.4 is 0 Å². The largest absolute Gasteiger partial charge is 0.192 e. The summed E-state index contributed by atoms with van der Waals surface area (Å²) in [6.07, 6.45) is 0. The molecular weight excluding hydrogens is 575 g/mol. The second-order valence-corrected chi connectivity index (χ2v) is 12.7. The van der Waals surface area contributed by atoms with Crippen LogP contribution in [0.4, 0.5) is 0 Å². The molecular formula is C39H19N3S2. The van der Waals surface area contributed by atoms with Gasteiger partial charge in [-0.15, -0.1) is 22.7 Å². The van der Waals surface area contributed by atoms with Gasteiger partial charge in [-0.3, -0.25) is 0 Å². The van der Waals surface area contributed by atoms with E-state index in [4.69, 9.17) is 0 Å². The molecule has 0 aliphatic carbocycles. The molecule has 0 saturated heterocycles. The van der Waals surface area contributed by atoms with Crippen LogP contribution in [0, 0.1) is 34.0 Å². The molecule has 5 heteroatoms. The molecule has 0 aliphatic rings. The fraction of sp³-hybridized carbons (Fsp3) is 0. The fourth-order valence-electron chi connectivity index (χ4n) is 6.34. The van der Waals surface area contributed by atoms with Crippen LogP contribution in [-0.4, -0.2) is 0 Å². The zero-order valence-electron chi connectivity index (χ0n) is 23.1. The second-order valence-electron chi connectivity index (χ2n) is 10.6. The van der Waals surface area contributed by atoms with Crippen LogP contribution in [0.15, 0.2) is 115 Å². The molecule has 0 atom stereocenters. The molecule has 2 aromatic heterocycles. The number of hydrogen-bond acceptors (Lipinski definition) is 5. The lowest BCUT2D eigenvalue weighted by Gasteiger charge is -2.17. The van der Waals surface area contributed by atoms with Gasteiger partial charge in [0, 0.05) is 62.6 Å². The molecule has 0 saturated carbocycles. The Bertz CT molecular complexity index is 2570. The molecule has 0 bridgehead atoms. The predicted octanol–water partition coefficient (Wildman–Crippen LogP) is 11.0. The lowest BCUT2D eigenvalue weighted by atomic mass is 9.85. The molecule has 2 heterocycles. The van der Waals surface area contributed by atoms with Crippen LogP contribution in [0.1, 0.15) is 16.7 Å². The summed E-state index contributed by atoms with van der Waals surface area (Å²) in [4.78, 5) is 0. The lowest BCUT2D eigenvalue weighted by Crippen LogP contribution is -1.96. The van der Waals surface area contributed by atoms with Gasteiger partial charge in [-0.1, -0.05) is 72.8 Å². The minimum atomic E-state index is 0.421. The molecule has 3 nitrogen and oxygen atoms in total. The summed E-state index contributed by atoms with van der Waals surface area (Å²) >= 11 is 3.45. The first-order valence-corrected chi connectivity index (χ1v) is 15.7. The highest BCUT2D eigenvalue weighted by Gasteiger charge is 2.22. The van der Waals surface area contributed by atoms with E-state index in [0.717, 1.165) is 53.4 Å². The summed E-state index contributed by atoms with van der Waals surface area (Å²) in [7, 11) is 0. The first-order chi connectivity index (χ1) is 21.7. The summed E-state index contributed by atoms with van der Waals surface area (Å²) in [6, 6.07) is 45.6. The van der Waals surface area contributed by atoms with E-state index in [1.807, 2.05) is 42.5 Å². The molecule has 8 aromatic rings. The third kappa shape index (κ3) is 3.84. The van der Waals surface area contributed by atoms with E-state index in [0.29, 0.717) is 22.3 Å². The highest BCUT2D eigenvalue weighted by Crippen LogP contribution is 2.47. The molecule has 0 radical (unpaired) electrons. The summed E-state index contributed by atoms with van der Waals surface area (Å²) in [5.41, 5.74) is 6.20. The normalized spacial score (nSPS) is 11.1. The molecule has 0 spiro atoms. The van der Waals surface area contributed by atoms with Gasteiger partial charge in [0.25, 0.3) is 0 Å². The van der Waals surface area contributed by atoms with Crippen molar-refractivity contribution in [3.63, 3.8) is 0 Å². The van der Waals surface area contributed by atoms with Gasteiger partial charge in [-0.05, 0) is 53.6 Å². The van der Waals surface area contributed by atoms with Crippen LogP contribution in [0.5, 0.6) is 0 Å². The summed E-state index contributed by atoms with van der Waals surface area (Å²) in [5.74, 6) is 0. The first-order valence-electron chi connectivity index (χ1n) is 14.0. The van der Waals surface area contributed by atoms with Crippen LogP contribution in [0.25, 0.3) is 73.7 Å². The van der Waals surface area contributed by atoms with E-state index in [1.54, 1.807) is 40.9 Å². The number of rotatable bonds is 3. The third-order valence-electron chi connectivity index (χ3n) is 8.23. The van der Waals surface area contributed by atoms with Crippen molar-refractivity contribution in [2.45, 2.75) is 0 Å². The van der Waals surface area contributed by atoms with Crippen molar-refractivity contribution in [3.8, 4) is 51.6 Å². The van der Waals surface area contributed by atoms with E-state index < -0.39 is 0 Å². The topological polar surface area (TPSA) is 71.4 Å². The van der Waals surface area contributed by atoms with Crippen molar-refractivity contribution >= 4 is 63.0 Å². The lowest BCUT2D eigenvalue weighted by molar-refractivity contribution is 1.43. The molecule has 6 aromatic carbocycles. The molecule has 0 N–H and O–H groups in total. The number of thiophene rings is 2. The van der Waals surface area contributed by atoms with E-state index in [1.165, 1.54) is 14.8 Å². The Balaban J connectivity index is 1.54. The van der Waals surface area contributed by atoms with E-state index in [2.05, 4.69) is 72.8 Å². The Morgan fingerprint density at radius 3 is 1.75 bits per heavy atom. The SMILES string of the molecule is N#Cc1cccc(C#N)c1-c1cc(-c2cccc3c2sc2ccccc23)c(C#N)c(-c2cccc3sc4ccccc4c23)c1. The molecule has 0 amide bonds. The predicted molar refractivity (Wildman–Crippen MR) is 183 cm³/mol. The molecule has 0 fully saturated rings.